The predicted octanol–water partition coefficient (Wildman–Crippen LogP) is 6.59. The highest BCUT2D eigenvalue weighted by atomic mass is 35.5. The van der Waals surface area contributed by atoms with Crippen LogP contribution >= 0.6 is 11.6 Å². The molecule has 1 aliphatic heterocycles. The van der Waals surface area contributed by atoms with Gasteiger partial charge < -0.3 is 51.0 Å². The number of nitrogens with one attached hydrogen (secondary N) is 3. The average Bonchev–Trinajstić information content (AvgIpc) is 3.72. The number of carbonyl (C=O) groups is 3. The van der Waals surface area contributed by atoms with Crippen LogP contribution in [0.3, 0.4) is 0 Å². The van der Waals surface area contributed by atoms with Crippen molar-refractivity contribution in [3.63, 3.8) is 0 Å². The van der Waals surface area contributed by atoms with Crippen LogP contribution in [0.5, 0.6) is 0 Å². The largest absolute Gasteiger partial charge is 0.419 e. The average molecular weight is 967 g/mol. The Morgan fingerprint density at radius 2 is 1.40 bits per heavy atom. The monoisotopic (exact) mass is 966 g/mol. The predicted molar refractivity (Wildman–Crippen MR) is 242 cm³/mol. The highest BCUT2D eigenvalue weighted by molar-refractivity contribution is 6.31. The molecule has 0 spiro atoms. The topological polar surface area (TPSA) is 212 Å². The second-order valence-electron chi connectivity index (χ2n) is 17.1. The van der Waals surface area contributed by atoms with Gasteiger partial charge >= 0.3 is 6.18 Å². The normalized spacial score (nSPS) is 15.8. The number of halogens is 6. The Morgan fingerprint density at radius 1 is 0.821 bits per heavy atom. The second kappa shape index (κ2) is 24.9. The Bertz CT molecular complexity index is 2240. The summed E-state index contributed by atoms with van der Waals surface area (Å²) in [6, 6.07) is 12.6. The number of aromatic nitrogens is 2. The summed E-state index contributed by atoms with van der Waals surface area (Å²) in [6.45, 7) is 1.43. The zero-order chi connectivity index (χ0) is 48.8. The van der Waals surface area contributed by atoms with Gasteiger partial charge in [-0.2, -0.15) is 13.2 Å². The molecule has 368 valence electrons. The maximum Gasteiger partial charge on any atom is 0.419 e. The first-order chi connectivity index (χ1) is 31.9. The molecule has 0 aliphatic carbocycles. The van der Waals surface area contributed by atoms with E-state index >= 15 is 0 Å². The fraction of sp³-hybridized carbons (Fsp3) is 0.532. The van der Waals surface area contributed by atoms with Gasteiger partial charge in [0.15, 0.2) is 0 Å². The van der Waals surface area contributed by atoms with Crippen molar-refractivity contribution in [1.82, 2.24) is 20.6 Å². The van der Waals surface area contributed by atoms with Crippen LogP contribution in [0.25, 0.3) is 11.0 Å². The molecular weight excluding hydrogens is 907 g/mol. The molecule has 1 fully saturated rings. The summed E-state index contributed by atoms with van der Waals surface area (Å²) in [5.74, 6) is -2.59. The quantitative estimate of drug-likeness (QED) is 0.0279. The molecule has 5 atom stereocenters. The van der Waals surface area contributed by atoms with Gasteiger partial charge in [0, 0.05) is 57.7 Å². The van der Waals surface area contributed by atoms with Crippen molar-refractivity contribution in [3.05, 3.63) is 87.9 Å². The zero-order valence-electron chi connectivity index (χ0n) is 37.3. The molecule has 1 saturated heterocycles. The summed E-state index contributed by atoms with van der Waals surface area (Å²) < 4.78 is 68.7. The molecule has 0 radical (unpaired) electrons. The number of benzene rings is 3. The van der Waals surface area contributed by atoms with Gasteiger partial charge in [-0.15, -0.1) is 0 Å². The molecule has 67 heavy (non-hydrogen) atoms. The standard InChI is InChI=1S/C47H60ClF5N6O8/c1-28(61)59(32-16-17-35(49)34(48)22-32)43(31-18-20-58(21-19-31)46-56-37-23-33(47(51,52)53)36(50)24-38(37)57-46)30-14-12-29(13-15-30)25-54-41(64)10-8-6-4-2-3-5-7-9-11-42(65)55-26-39(62)44(66)45(67)40(63)27-60/h12-17,22-24,31,39-40,43-45,60,62-63,66-67H,2-11,18-21,25-27H2,1H3,(H,54,64)(H,55,65)(H,56,57)/t39-,40+,43?,44+,45+/m1/s1. The molecule has 20 heteroatoms. The highest BCUT2D eigenvalue weighted by Crippen LogP contribution is 2.41. The Hall–Kier alpha value is -4.92. The summed E-state index contributed by atoms with van der Waals surface area (Å²) in [4.78, 5) is 48.9. The van der Waals surface area contributed by atoms with Crippen molar-refractivity contribution < 1.29 is 61.9 Å². The summed E-state index contributed by atoms with van der Waals surface area (Å²) in [6.07, 6.45) is -2.89. The first-order valence-corrected chi connectivity index (χ1v) is 23.0. The summed E-state index contributed by atoms with van der Waals surface area (Å²) >= 11 is 6.18. The van der Waals surface area contributed by atoms with E-state index in [1.165, 1.54) is 25.1 Å². The first kappa shape index (κ1) is 53.0. The number of imidazole rings is 1. The van der Waals surface area contributed by atoms with E-state index < -0.39 is 60.4 Å². The lowest BCUT2D eigenvalue weighted by Crippen LogP contribution is -2.49. The minimum absolute atomic E-state index is 0.0507. The summed E-state index contributed by atoms with van der Waals surface area (Å²) in [7, 11) is 0. The summed E-state index contributed by atoms with van der Waals surface area (Å²) in [5, 5.41) is 53.0. The Kier molecular flexibility index (Phi) is 19.7. The number of amides is 3. The molecule has 4 aromatic rings. The van der Waals surface area contributed by atoms with Crippen molar-refractivity contribution in [2.45, 2.75) is 127 Å². The molecule has 3 amide bonds. The van der Waals surface area contributed by atoms with E-state index in [0.717, 1.165) is 62.1 Å². The number of rotatable bonds is 24. The third kappa shape index (κ3) is 15.0. The zero-order valence-corrected chi connectivity index (χ0v) is 38.0. The van der Waals surface area contributed by atoms with Gasteiger partial charge in [0.05, 0.1) is 40.4 Å². The van der Waals surface area contributed by atoms with Gasteiger partial charge in [-0.3, -0.25) is 14.4 Å². The van der Waals surface area contributed by atoms with E-state index in [1.54, 1.807) is 4.90 Å². The van der Waals surface area contributed by atoms with Crippen molar-refractivity contribution in [3.8, 4) is 0 Å². The fourth-order valence-electron chi connectivity index (χ4n) is 8.36. The molecule has 14 nitrogen and oxygen atoms in total. The lowest BCUT2D eigenvalue weighted by Gasteiger charge is -2.41. The third-order valence-corrected chi connectivity index (χ3v) is 12.4. The Morgan fingerprint density at radius 3 is 1.97 bits per heavy atom. The van der Waals surface area contributed by atoms with Gasteiger partial charge in [-0.1, -0.05) is 74.4 Å². The number of hydrogen-bond acceptors (Lipinski definition) is 10. The number of fused-ring (bicyclic) bond motifs is 1. The van der Waals surface area contributed by atoms with E-state index in [-0.39, 0.29) is 59.2 Å². The van der Waals surface area contributed by atoms with Crippen molar-refractivity contribution >= 4 is 52.0 Å². The number of aliphatic hydroxyl groups excluding tert-OH is 5. The maximum atomic E-state index is 14.3. The maximum absolute atomic E-state index is 14.3. The molecule has 1 aromatic heterocycles. The number of H-pyrrole nitrogens is 1. The van der Waals surface area contributed by atoms with E-state index in [1.807, 2.05) is 29.2 Å². The number of unbranched alkanes of at least 4 members (excludes halogenated alkanes) is 7. The first-order valence-electron chi connectivity index (χ1n) is 22.6. The van der Waals surface area contributed by atoms with Gasteiger partial charge in [-0.05, 0) is 67.0 Å². The number of alkyl halides is 3. The van der Waals surface area contributed by atoms with Crippen LogP contribution in [0, 0.1) is 17.6 Å². The van der Waals surface area contributed by atoms with Crippen molar-refractivity contribution in [1.29, 1.82) is 0 Å². The number of piperidine rings is 1. The van der Waals surface area contributed by atoms with E-state index in [4.69, 9.17) is 16.7 Å². The highest BCUT2D eigenvalue weighted by Gasteiger charge is 2.37. The molecule has 0 saturated carbocycles. The molecule has 5 rings (SSSR count). The third-order valence-electron chi connectivity index (χ3n) is 12.2. The molecule has 3 aromatic carbocycles. The van der Waals surface area contributed by atoms with Crippen molar-refractivity contribution in [2.75, 3.05) is 36.0 Å². The minimum atomic E-state index is -4.87. The van der Waals surface area contributed by atoms with Crippen LogP contribution in [0.4, 0.5) is 33.6 Å². The van der Waals surface area contributed by atoms with E-state index in [0.29, 0.717) is 56.5 Å². The van der Waals surface area contributed by atoms with Crippen LogP contribution in [-0.2, 0) is 27.1 Å². The van der Waals surface area contributed by atoms with Crippen LogP contribution in [0.15, 0.2) is 54.6 Å². The van der Waals surface area contributed by atoms with E-state index in [2.05, 4.69) is 20.6 Å². The lowest BCUT2D eigenvalue weighted by atomic mass is 9.83. The number of hydrogen-bond donors (Lipinski definition) is 8. The second-order valence-corrected chi connectivity index (χ2v) is 17.5. The molecule has 0 bridgehead atoms. The van der Waals surface area contributed by atoms with Crippen LogP contribution in [-0.4, -0.2) is 104 Å². The number of aliphatic hydroxyl groups is 5. The van der Waals surface area contributed by atoms with Crippen molar-refractivity contribution in [2.24, 2.45) is 5.92 Å². The fourth-order valence-corrected chi connectivity index (χ4v) is 8.54. The lowest BCUT2D eigenvalue weighted by molar-refractivity contribution is -0.140. The van der Waals surface area contributed by atoms with E-state index in [9.17, 15) is 56.8 Å². The Balaban J connectivity index is 1.07. The molecule has 2 heterocycles. The van der Waals surface area contributed by atoms with Gasteiger partial charge in [-0.25, -0.2) is 13.8 Å². The molecule has 8 N–H and O–H groups in total. The molecule has 1 aliphatic rings. The van der Waals surface area contributed by atoms with Crippen LogP contribution in [0.1, 0.15) is 107 Å². The summed E-state index contributed by atoms with van der Waals surface area (Å²) in [5.41, 5.74) is 0.753. The van der Waals surface area contributed by atoms with Gasteiger partial charge in [0.1, 0.15) is 29.9 Å². The number of anilines is 2. The molecular formula is C47H60ClF5N6O8. The Labute approximate surface area is 390 Å². The van der Waals surface area contributed by atoms with Crippen LogP contribution < -0.4 is 20.4 Å². The van der Waals surface area contributed by atoms with Gasteiger partial charge in [0.2, 0.25) is 23.7 Å². The SMILES string of the molecule is CC(=O)N(c1ccc(F)c(Cl)c1)C(c1ccc(CNC(=O)CCCCCCCCCCC(=O)NC[C@@H](O)[C@H](O)[C@@H](O)[C@@H](O)CO)cc1)C1CCN(c2nc3cc(F)c(C(F)(F)F)cc3[nH]2)CC1. The van der Waals surface area contributed by atoms with Crippen LogP contribution in [0.2, 0.25) is 5.02 Å². The minimum Gasteiger partial charge on any atom is -0.394 e. The van der Waals surface area contributed by atoms with Gasteiger partial charge in [0.25, 0.3) is 0 Å². The molecule has 1 unspecified atom stereocenters. The smallest absolute Gasteiger partial charge is 0.394 e. The number of nitrogens with zero attached hydrogens (tertiary/aromatic N) is 3. The number of aromatic amines is 1. The number of carbonyl (C=O) groups excluding carboxylic acids is 3.